The summed E-state index contributed by atoms with van der Waals surface area (Å²) in [5.41, 5.74) is 4.63. The number of fused-ring (bicyclic) bond motifs is 4. The van der Waals surface area contributed by atoms with Crippen molar-refractivity contribution in [3.63, 3.8) is 0 Å². The molecule has 2 aliphatic rings. The predicted molar refractivity (Wildman–Crippen MR) is 114 cm³/mol. The molecule has 1 amide bonds. The Morgan fingerprint density at radius 3 is 2.90 bits per heavy atom. The molecular weight excluding hydrogens is 382 g/mol. The van der Waals surface area contributed by atoms with Gasteiger partial charge in [0.05, 0.1) is 23.0 Å². The van der Waals surface area contributed by atoms with Crippen LogP contribution in [0, 0.1) is 0 Å². The monoisotopic (exact) mass is 401 g/mol. The number of hydrogen-bond acceptors (Lipinski definition) is 5. The number of benzene rings is 1. The first-order chi connectivity index (χ1) is 14.2. The van der Waals surface area contributed by atoms with E-state index in [1.165, 1.54) is 4.88 Å². The molecule has 4 aromatic rings. The van der Waals surface area contributed by atoms with Crippen LogP contribution in [0.15, 0.2) is 47.1 Å². The topological polar surface area (TPSA) is 59.2 Å². The van der Waals surface area contributed by atoms with Crippen LogP contribution in [-0.2, 0) is 12.8 Å². The summed E-state index contributed by atoms with van der Waals surface area (Å²) >= 11 is 1.60. The first kappa shape index (κ1) is 16.9. The number of hydrogen-bond donors (Lipinski definition) is 0. The Labute approximate surface area is 172 Å². The molecule has 144 valence electrons. The summed E-state index contributed by atoms with van der Waals surface area (Å²) in [4.78, 5) is 26.0. The number of furan rings is 1. The Balaban J connectivity index is 1.42. The number of pyridine rings is 1. The van der Waals surface area contributed by atoms with Gasteiger partial charge in [0.2, 0.25) is 0 Å². The van der Waals surface area contributed by atoms with Crippen LogP contribution in [0.2, 0.25) is 0 Å². The van der Waals surface area contributed by atoms with Gasteiger partial charge in [-0.1, -0.05) is 18.2 Å². The quantitative estimate of drug-likeness (QED) is 0.473. The number of amides is 1. The maximum Gasteiger partial charge on any atom is 0.260 e. The normalized spacial score (nSPS) is 15.2. The van der Waals surface area contributed by atoms with Gasteiger partial charge >= 0.3 is 0 Å². The van der Waals surface area contributed by atoms with Crippen LogP contribution in [0.3, 0.4) is 0 Å². The Kier molecular flexibility index (Phi) is 3.65. The van der Waals surface area contributed by atoms with Crippen LogP contribution in [0.1, 0.15) is 45.4 Å². The molecule has 0 unspecified atom stereocenters. The third-order valence-electron chi connectivity index (χ3n) is 5.82. The number of nitrogens with zero attached hydrogens (tertiary/aromatic N) is 3. The van der Waals surface area contributed by atoms with E-state index in [9.17, 15) is 4.79 Å². The fourth-order valence-corrected chi connectivity index (χ4v) is 5.10. The van der Waals surface area contributed by atoms with Crippen LogP contribution in [0.25, 0.3) is 22.2 Å². The van der Waals surface area contributed by atoms with E-state index >= 15 is 0 Å². The lowest BCUT2D eigenvalue weighted by molar-refractivity contribution is 0.0994. The zero-order valence-corrected chi connectivity index (χ0v) is 16.8. The minimum absolute atomic E-state index is 0.0379. The molecule has 6 rings (SSSR count). The fraction of sp³-hybridized carbons (Fsp3) is 0.261. The lowest BCUT2D eigenvalue weighted by Gasteiger charge is -2.16. The second-order valence-electron chi connectivity index (χ2n) is 7.78. The average molecular weight is 401 g/mol. The van der Waals surface area contributed by atoms with Crippen molar-refractivity contribution in [1.82, 2.24) is 9.97 Å². The van der Waals surface area contributed by atoms with Gasteiger partial charge in [-0.25, -0.2) is 4.98 Å². The summed E-state index contributed by atoms with van der Waals surface area (Å²) < 4.78 is 5.57. The molecule has 0 bridgehead atoms. The van der Waals surface area contributed by atoms with Crippen molar-refractivity contribution >= 4 is 33.3 Å². The van der Waals surface area contributed by atoms with E-state index in [4.69, 9.17) is 14.4 Å². The number of aryl methyl sites for hydroxylation is 2. The molecule has 1 saturated carbocycles. The van der Waals surface area contributed by atoms with Gasteiger partial charge in [-0.05, 0) is 37.5 Å². The van der Waals surface area contributed by atoms with Crippen molar-refractivity contribution in [2.75, 3.05) is 11.9 Å². The van der Waals surface area contributed by atoms with Crippen LogP contribution in [0.5, 0.6) is 0 Å². The van der Waals surface area contributed by atoms with Crippen LogP contribution >= 0.6 is 11.3 Å². The Hall–Kier alpha value is -2.99. The summed E-state index contributed by atoms with van der Waals surface area (Å²) in [6, 6.07) is 11.9. The first-order valence-electron chi connectivity index (χ1n) is 9.93. The van der Waals surface area contributed by atoms with Crippen LogP contribution < -0.4 is 4.90 Å². The lowest BCUT2D eigenvalue weighted by Crippen LogP contribution is -2.26. The van der Waals surface area contributed by atoms with E-state index in [1.54, 1.807) is 22.5 Å². The van der Waals surface area contributed by atoms with Gasteiger partial charge in [0, 0.05) is 40.9 Å². The van der Waals surface area contributed by atoms with Crippen molar-refractivity contribution in [2.45, 2.75) is 31.6 Å². The molecule has 1 aromatic carbocycles. The van der Waals surface area contributed by atoms with Crippen LogP contribution in [-0.4, -0.2) is 22.9 Å². The molecule has 6 heteroatoms. The summed E-state index contributed by atoms with van der Waals surface area (Å²) in [5.74, 6) is 1.43. The number of para-hydroxylation sites is 1. The van der Waals surface area contributed by atoms with Crippen molar-refractivity contribution in [2.24, 2.45) is 0 Å². The van der Waals surface area contributed by atoms with E-state index in [-0.39, 0.29) is 5.91 Å². The maximum absolute atomic E-state index is 13.5. The highest BCUT2D eigenvalue weighted by Crippen LogP contribution is 2.42. The molecule has 3 heterocycles. The Morgan fingerprint density at radius 2 is 2.03 bits per heavy atom. The average Bonchev–Trinajstić information content (AvgIpc) is 3.32. The molecular formula is C23H19N3O2S. The number of rotatable bonds is 3. The molecule has 0 saturated heterocycles. The smallest absolute Gasteiger partial charge is 0.260 e. The van der Waals surface area contributed by atoms with Gasteiger partial charge in [0.15, 0.2) is 5.13 Å². The van der Waals surface area contributed by atoms with E-state index in [1.807, 2.05) is 43.4 Å². The summed E-state index contributed by atoms with van der Waals surface area (Å²) in [6.45, 7) is 0. The van der Waals surface area contributed by atoms with E-state index in [2.05, 4.69) is 0 Å². The number of carbonyl (C=O) groups excluding carboxylic acids is 1. The summed E-state index contributed by atoms with van der Waals surface area (Å²) in [7, 11) is 1.81. The molecule has 3 aromatic heterocycles. The Morgan fingerprint density at radius 1 is 1.17 bits per heavy atom. The molecule has 0 N–H and O–H groups in total. The molecule has 5 nitrogen and oxygen atoms in total. The third-order valence-corrected chi connectivity index (χ3v) is 7.01. The third kappa shape index (κ3) is 2.70. The van der Waals surface area contributed by atoms with Gasteiger partial charge in [-0.3, -0.25) is 14.7 Å². The van der Waals surface area contributed by atoms with Gasteiger partial charge in [0.1, 0.15) is 5.76 Å². The molecule has 1 fully saturated rings. The van der Waals surface area contributed by atoms with Crippen molar-refractivity contribution in [1.29, 1.82) is 0 Å². The van der Waals surface area contributed by atoms with Gasteiger partial charge < -0.3 is 4.42 Å². The number of aromatic nitrogens is 2. The highest BCUT2D eigenvalue weighted by molar-refractivity contribution is 7.16. The van der Waals surface area contributed by atoms with Crippen LogP contribution in [0.4, 0.5) is 5.13 Å². The molecule has 0 spiro atoms. The molecule has 0 atom stereocenters. The Bertz CT molecular complexity index is 1270. The van der Waals surface area contributed by atoms with Gasteiger partial charge in [0.25, 0.3) is 5.91 Å². The number of thiazole rings is 1. The van der Waals surface area contributed by atoms with Crippen molar-refractivity contribution in [3.8, 4) is 11.3 Å². The standard InChI is InChI=1S/C23H19N3O2S/c1-26(23-25-21-15-10-11-28-19(15)8-9-20(21)29-23)22(27)16-12-18(13-6-7-13)24-17-5-3-2-4-14(16)17/h2-5,10-13H,6-9H2,1H3. The largest absolute Gasteiger partial charge is 0.469 e. The minimum Gasteiger partial charge on any atom is -0.469 e. The van der Waals surface area contributed by atoms with Crippen molar-refractivity contribution < 1.29 is 9.21 Å². The second kappa shape index (κ2) is 6.26. The van der Waals surface area contributed by atoms with Gasteiger partial charge in [-0.15, -0.1) is 11.3 Å². The number of anilines is 1. The zero-order valence-electron chi connectivity index (χ0n) is 16.0. The second-order valence-corrected chi connectivity index (χ2v) is 8.84. The van der Waals surface area contributed by atoms with E-state index in [0.29, 0.717) is 11.5 Å². The highest BCUT2D eigenvalue weighted by atomic mass is 32.1. The zero-order chi connectivity index (χ0) is 19.5. The van der Waals surface area contributed by atoms with Crippen molar-refractivity contribution in [3.05, 3.63) is 64.6 Å². The maximum atomic E-state index is 13.5. The fourth-order valence-electron chi connectivity index (χ4n) is 4.06. The SMILES string of the molecule is CN(C(=O)c1cc(C2CC2)nc2ccccc12)c1nc2c(s1)CCc1occc1-2. The molecule has 2 aliphatic carbocycles. The lowest BCUT2D eigenvalue weighted by atomic mass is 10.0. The van der Waals surface area contributed by atoms with E-state index < -0.39 is 0 Å². The molecule has 0 aliphatic heterocycles. The molecule has 0 radical (unpaired) electrons. The first-order valence-corrected chi connectivity index (χ1v) is 10.7. The molecule has 29 heavy (non-hydrogen) atoms. The summed E-state index contributed by atoms with van der Waals surface area (Å²) in [5, 5.41) is 1.62. The number of carbonyl (C=O) groups is 1. The van der Waals surface area contributed by atoms with E-state index in [0.717, 1.165) is 64.4 Å². The highest BCUT2D eigenvalue weighted by Gasteiger charge is 2.29. The summed E-state index contributed by atoms with van der Waals surface area (Å²) in [6.07, 6.45) is 5.81. The minimum atomic E-state index is -0.0379. The predicted octanol–water partition coefficient (Wildman–Crippen LogP) is 5.20. The van der Waals surface area contributed by atoms with Gasteiger partial charge in [-0.2, -0.15) is 0 Å².